The number of halogens is 1. The number of nitrogens with zero attached hydrogens (tertiary/aromatic N) is 5. The first-order chi connectivity index (χ1) is 27.1. The topological polar surface area (TPSA) is 137 Å². The number of phenols is 1. The number of ether oxygens (including phenoxy) is 1. The van der Waals surface area contributed by atoms with Crippen molar-refractivity contribution in [3.05, 3.63) is 82.8 Å². The number of aryl methyl sites for hydroxylation is 1. The number of hydrogen-bond donors (Lipinski definition) is 2. The molecule has 0 aliphatic carbocycles. The van der Waals surface area contributed by atoms with Crippen molar-refractivity contribution < 1.29 is 28.6 Å². The number of likely N-dealkylation sites (tertiary alicyclic amines) is 2. The highest BCUT2D eigenvalue weighted by Gasteiger charge is 2.30. The van der Waals surface area contributed by atoms with Crippen molar-refractivity contribution in [2.45, 2.75) is 71.8 Å². The van der Waals surface area contributed by atoms with E-state index in [-0.39, 0.29) is 36.1 Å². The lowest BCUT2D eigenvalue weighted by molar-refractivity contribution is -0.120. The van der Waals surface area contributed by atoms with Crippen LogP contribution in [0, 0.1) is 17.7 Å². The zero-order valence-electron chi connectivity index (χ0n) is 32.6. The highest BCUT2D eigenvalue weighted by molar-refractivity contribution is 6.07. The molecule has 13 heteroatoms. The molecule has 3 aliphatic heterocycles. The second-order valence-corrected chi connectivity index (χ2v) is 15.0. The first-order valence-corrected chi connectivity index (χ1v) is 19.9. The molecule has 3 fully saturated rings. The lowest BCUT2D eigenvalue weighted by atomic mass is 9.91. The van der Waals surface area contributed by atoms with Gasteiger partial charge in [-0.3, -0.25) is 29.6 Å². The monoisotopic (exact) mass is 768 g/mol. The van der Waals surface area contributed by atoms with Crippen molar-refractivity contribution in [1.82, 2.24) is 24.7 Å². The number of aromatic nitrogens is 2. The molecule has 4 aromatic rings. The molecule has 2 aromatic carbocycles. The number of methoxy groups -OCH3 is 1. The second-order valence-electron chi connectivity index (χ2n) is 15.0. The Bertz CT molecular complexity index is 2090. The van der Waals surface area contributed by atoms with E-state index in [1.807, 2.05) is 4.90 Å². The van der Waals surface area contributed by atoms with E-state index in [1.54, 1.807) is 53.5 Å². The van der Waals surface area contributed by atoms with Crippen LogP contribution in [0.1, 0.15) is 75.6 Å². The Morgan fingerprint density at radius 3 is 2.38 bits per heavy atom. The third kappa shape index (κ3) is 9.38. The normalized spacial score (nSPS) is 17.1. The van der Waals surface area contributed by atoms with Crippen LogP contribution < -0.4 is 20.5 Å². The van der Waals surface area contributed by atoms with Crippen molar-refractivity contribution in [3.8, 4) is 22.6 Å². The zero-order valence-corrected chi connectivity index (χ0v) is 32.6. The molecule has 0 bridgehead atoms. The van der Waals surface area contributed by atoms with Gasteiger partial charge >= 0.3 is 6.03 Å². The highest BCUT2D eigenvalue weighted by Crippen LogP contribution is 2.33. The van der Waals surface area contributed by atoms with Gasteiger partial charge in [-0.05, 0) is 104 Å². The third-order valence-electron chi connectivity index (χ3n) is 11.4. The van der Waals surface area contributed by atoms with Gasteiger partial charge in [0, 0.05) is 68.9 Å². The van der Waals surface area contributed by atoms with Crippen LogP contribution in [0.2, 0.25) is 0 Å². The summed E-state index contributed by atoms with van der Waals surface area (Å²) < 4.78 is 20.8. The fraction of sp³-hybridized carbons (Fsp3) is 0.465. The molecule has 298 valence electrons. The molecule has 3 aliphatic rings. The van der Waals surface area contributed by atoms with E-state index in [4.69, 9.17) is 4.74 Å². The van der Waals surface area contributed by atoms with Gasteiger partial charge in [-0.1, -0.05) is 32.8 Å². The Labute approximate surface area is 327 Å². The second kappa shape index (κ2) is 18.6. The first-order valence-electron chi connectivity index (χ1n) is 19.9. The highest BCUT2D eigenvalue weighted by atomic mass is 19.1. The molecule has 0 spiro atoms. The summed E-state index contributed by atoms with van der Waals surface area (Å²) in [6, 6.07) is 10.7. The number of rotatable bonds is 10. The van der Waals surface area contributed by atoms with Gasteiger partial charge in [0.25, 0.3) is 11.5 Å². The van der Waals surface area contributed by atoms with Crippen LogP contribution in [0.3, 0.4) is 0 Å². The van der Waals surface area contributed by atoms with E-state index < -0.39 is 11.8 Å². The van der Waals surface area contributed by atoms with Gasteiger partial charge in [-0.25, -0.2) is 9.18 Å². The van der Waals surface area contributed by atoms with Gasteiger partial charge < -0.3 is 24.2 Å². The Morgan fingerprint density at radius 2 is 1.70 bits per heavy atom. The molecule has 4 amide bonds. The predicted octanol–water partition coefficient (Wildman–Crippen LogP) is 6.82. The van der Waals surface area contributed by atoms with Gasteiger partial charge in [0.15, 0.2) is 11.6 Å². The average Bonchev–Trinajstić information content (AvgIpc) is 3.22. The van der Waals surface area contributed by atoms with Crippen LogP contribution in [0.4, 0.5) is 14.9 Å². The van der Waals surface area contributed by atoms with Crippen LogP contribution in [0.25, 0.3) is 21.9 Å². The quantitative estimate of drug-likeness (QED) is 0.179. The van der Waals surface area contributed by atoms with E-state index in [1.165, 1.54) is 56.5 Å². The largest absolute Gasteiger partial charge is 0.505 e. The first kappa shape index (κ1) is 40.4. The SMILES string of the molecule is CCC1CCN(CC2CCN(C(=O)c3ccc(OC)c(N4CCC(=O)NC4=O)c3)CC2)CC1.CCCCn1cc(-c2ccc(O)c(F)c2)c2ccncc2c1=O. The summed E-state index contributed by atoms with van der Waals surface area (Å²) in [6.07, 6.45) is 13.0. The number of phenolic OH excluding ortho intramolecular Hbond substituents is 1. The van der Waals surface area contributed by atoms with E-state index in [9.17, 15) is 28.7 Å². The maximum Gasteiger partial charge on any atom is 0.328 e. The smallest absolute Gasteiger partial charge is 0.328 e. The predicted molar refractivity (Wildman–Crippen MR) is 215 cm³/mol. The number of piperidine rings is 2. The van der Waals surface area contributed by atoms with Crippen molar-refractivity contribution in [2.75, 3.05) is 51.3 Å². The molecular formula is C43H53FN6O6. The van der Waals surface area contributed by atoms with Crippen LogP contribution in [0.5, 0.6) is 11.5 Å². The Morgan fingerprint density at radius 1 is 0.946 bits per heavy atom. The van der Waals surface area contributed by atoms with Gasteiger partial charge in [0.1, 0.15) is 5.75 Å². The Hall–Kier alpha value is -5.30. The minimum atomic E-state index is -0.684. The number of anilines is 1. The van der Waals surface area contributed by atoms with E-state index in [0.29, 0.717) is 40.4 Å². The van der Waals surface area contributed by atoms with E-state index in [0.717, 1.165) is 62.2 Å². The Balaban J connectivity index is 0.000000202. The molecule has 0 saturated carbocycles. The van der Waals surface area contributed by atoms with Crippen LogP contribution in [-0.2, 0) is 11.3 Å². The fourth-order valence-electron chi connectivity index (χ4n) is 7.91. The molecule has 0 unspecified atom stereocenters. The molecule has 56 heavy (non-hydrogen) atoms. The summed E-state index contributed by atoms with van der Waals surface area (Å²) >= 11 is 0. The minimum absolute atomic E-state index is 0.0189. The van der Waals surface area contributed by atoms with Crippen molar-refractivity contribution in [3.63, 3.8) is 0 Å². The molecule has 5 heterocycles. The minimum Gasteiger partial charge on any atom is -0.505 e. The number of urea groups is 1. The summed E-state index contributed by atoms with van der Waals surface area (Å²) in [4.78, 5) is 59.7. The standard InChI is InChI=1S/C25H36N4O4.C18H17FN2O2/c1-3-18-6-11-27(12-7-18)17-19-8-13-28(14-9-19)24(31)20-4-5-22(33-2)21(16-20)29-15-10-23(30)26-25(29)32;1-2-3-8-21-11-15(12-4-5-17(22)16(19)9-12)13-6-7-20-10-14(13)18(21)23/h4-5,16,18-19H,3,6-15,17H2,1-2H3,(H,26,30,32);4-7,9-11,22H,2-3,8H2,1H3. The third-order valence-corrected chi connectivity index (χ3v) is 11.4. The van der Waals surface area contributed by atoms with Gasteiger partial charge in [-0.15, -0.1) is 0 Å². The summed E-state index contributed by atoms with van der Waals surface area (Å²) in [5.74, 6) is 0.658. The van der Waals surface area contributed by atoms with Crippen LogP contribution in [-0.4, -0.2) is 88.7 Å². The molecule has 0 radical (unpaired) electrons. The van der Waals surface area contributed by atoms with Gasteiger partial charge in [0.05, 0.1) is 18.2 Å². The number of aromatic hydroxyl groups is 1. The molecule has 0 atom stereocenters. The number of hydrogen-bond acceptors (Lipinski definition) is 8. The lowest BCUT2D eigenvalue weighted by Gasteiger charge is -2.37. The maximum atomic E-state index is 13.7. The summed E-state index contributed by atoms with van der Waals surface area (Å²) in [5.41, 5.74) is 2.32. The number of pyridine rings is 2. The zero-order chi connectivity index (χ0) is 39.8. The average molecular weight is 769 g/mol. The lowest BCUT2D eigenvalue weighted by Crippen LogP contribution is -2.49. The Kier molecular flexibility index (Phi) is 13.4. The maximum absolute atomic E-state index is 13.7. The van der Waals surface area contributed by atoms with Crippen molar-refractivity contribution in [1.29, 1.82) is 0 Å². The number of fused-ring (bicyclic) bond motifs is 1. The summed E-state index contributed by atoms with van der Waals surface area (Å²) in [6.45, 7) is 10.3. The van der Waals surface area contributed by atoms with Crippen LogP contribution in [0.15, 0.2) is 65.8 Å². The fourth-order valence-corrected chi connectivity index (χ4v) is 7.91. The number of carbonyl (C=O) groups is 3. The molecule has 12 nitrogen and oxygen atoms in total. The number of benzene rings is 2. The number of carbonyl (C=O) groups excluding carboxylic acids is 3. The number of imide groups is 1. The number of unbranched alkanes of at least 4 members (excludes halogenated alkanes) is 1. The van der Waals surface area contributed by atoms with Crippen molar-refractivity contribution >= 4 is 34.3 Å². The van der Waals surface area contributed by atoms with E-state index in [2.05, 4.69) is 29.0 Å². The molecule has 7 rings (SSSR count). The summed E-state index contributed by atoms with van der Waals surface area (Å²) in [7, 11) is 1.53. The number of nitrogens with one attached hydrogen (secondary N) is 1. The molecule has 3 saturated heterocycles. The van der Waals surface area contributed by atoms with Gasteiger partial charge in [-0.2, -0.15) is 0 Å². The molecule has 2 N–H and O–H groups in total. The number of amides is 4. The van der Waals surface area contributed by atoms with Gasteiger partial charge in [0.2, 0.25) is 5.91 Å². The summed E-state index contributed by atoms with van der Waals surface area (Å²) in [5, 5.41) is 12.9. The van der Waals surface area contributed by atoms with E-state index >= 15 is 0 Å². The molecular weight excluding hydrogens is 716 g/mol. The van der Waals surface area contributed by atoms with Crippen molar-refractivity contribution in [2.24, 2.45) is 11.8 Å². The van der Waals surface area contributed by atoms with Crippen LogP contribution >= 0.6 is 0 Å². The molecule has 2 aromatic heterocycles.